The van der Waals surface area contributed by atoms with Crippen LogP contribution in [0.2, 0.25) is 0 Å². The summed E-state index contributed by atoms with van der Waals surface area (Å²) in [6.45, 7) is 0. The molecule has 222 valence electrons. The molecule has 2 aliphatic carbocycles. The van der Waals surface area contributed by atoms with Crippen LogP contribution in [0.25, 0.3) is 6.08 Å². The molecule has 1 saturated carbocycles. The number of amides is 4. The van der Waals surface area contributed by atoms with Crippen LogP contribution >= 0.6 is 23.2 Å². The van der Waals surface area contributed by atoms with Crippen molar-refractivity contribution >= 4 is 71.2 Å². The summed E-state index contributed by atoms with van der Waals surface area (Å²) in [5.74, 6) is -5.37. The predicted molar refractivity (Wildman–Crippen MR) is 159 cm³/mol. The predicted octanol–water partition coefficient (Wildman–Crippen LogP) is 1.82. The Morgan fingerprint density at radius 3 is 2.47 bits per heavy atom. The van der Waals surface area contributed by atoms with Gasteiger partial charge in [0.15, 0.2) is 21.2 Å². The van der Waals surface area contributed by atoms with Crippen molar-refractivity contribution in [2.45, 2.75) is 22.6 Å². The highest BCUT2D eigenvalue weighted by Crippen LogP contribution is 2.63. The zero-order valence-electron chi connectivity index (χ0n) is 23.1. The smallest absolute Gasteiger partial charge is 0.488 e. The van der Waals surface area contributed by atoms with Crippen molar-refractivity contribution in [2.24, 2.45) is 23.7 Å². The quantitative estimate of drug-likeness (QED) is 0.198. The number of allylic oxidation sites excluding steroid dienone is 3. The molecule has 6 unspecified atom stereocenters. The van der Waals surface area contributed by atoms with E-state index in [4.69, 9.17) is 27.9 Å². The number of hydrogen-bond donors (Lipinski definition) is 3. The fourth-order valence-electron chi connectivity index (χ4n) is 7.08. The minimum absolute atomic E-state index is 0.0572. The van der Waals surface area contributed by atoms with Crippen molar-refractivity contribution < 1.29 is 39.1 Å². The summed E-state index contributed by atoms with van der Waals surface area (Å²) in [5.41, 5.74) is 1.56. The number of aromatic hydroxyl groups is 1. The minimum atomic E-state index is -1.90. The van der Waals surface area contributed by atoms with E-state index in [0.29, 0.717) is 11.1 Å². The average Bonchev–Trinajstić information content (AvgIpc) is 3.32. The molecule has 3 N–H and O–H groups in total. The molecule has 0 bridgehead atoms. The summed E-state index contributed by atoms with van der Waals surface area (Å²) < 4.78 is 5.20. The van der Waals surface area contributed by atoms with Crippen molar-refractivity contribution in [3.63, 3.8) is 0 Å². The molecule has 43 heavy (non-hydrogen) atoms. The van der Waals surface area contributed by atoms with Gasteiger partial charge in [-0.2, -0.15) is 0 Å². The van der Waals surface area contributed by atoms with Crippen LogP contribution in [0.4, 0.5) is 5.69 Å². The van der Waals surface area contributed by atoms with Crippen molar-refractivity contribution in [2.75, 3.05) is 19.1 Å². The van der Waals surface area contributed by atoms with Crippen molar-refractivity contribution in [1.82, 2.24) is 4.90 Å². The fraction of sp³-hybridized carbons (Fsp3) is 0.333. The van der Waals surface area contributed by atoms with Crippen LogP contribution < -0.4 is 15.1 Å². The average molecular weight is 625 g/mol. The number of carbonyl (C=O) groups is 4. The van der Waals surface area contributed by atoms with Crippen LogP contribution in [0.15, 0.2) is 60.2 Å². The molecule has 13 heteroatoms. The maximum Gasteiger partial charge on any atom is 0.488 e. The first-order valence-corrected chi connectivity index (χ1v) is 14.4. The maximum atomic E-state index is 14.0. The monoisotopic (exact) mass is 624 g/mol. The number of hydrogen-bond acceptors (Lipinski definition) is 8. The number of halogens is 2. The maximum absolute atomic E-state index is 14.0. The van der Waals surface area contributed by atoms with Gasteiger partial charge in [0.05, 0.1) is 24.6 Å². The Labute approximate surface area is 257 Å². The first-order chi connectivity index (χ1) is 20.3. The first-order valence-electron chi connectivity index (χ1n) is 13.6. The number of anilines is 1. The molecule has 4 aliphatic rings. The Hall–Kier alpha value is -3.64. The Morgan fingerprint density at radius 1 is 1.02 bits per heavy atom. The standard InChI is InChI=1S/C30H27BCl2N2O8/c1-34-27(39)29(32)14-20-18(21(30(29,33)28(34)40)10-6-15-7-11-22(36)23(12-15)43-2)8-9-19-24(20)26(38)35(25(19)37)17-5-3-4-16(13-17)31(41)42/h3-8,10-13,19-21,24,36,41-42H,9,14H2,1-2H3. The van der Waals surface area contributed by atoms with E-state index in [0.717, 1.165) is 9.80 Å². The number of methoxy groups -OCH3 is 1. The van der Waals surface area contributed by atoms with Gasteiger partial charge in [-0.25, -0.2) is 0 Å². The van der Waals surface area contributed by atoms with Crippen molar-refractivity contribution in [3.8, 4) is 11.5 Å². The van der Waals surface area contributed by atoms with Gasteiger partial charge in [-0.3, -0.25) is 29.0 Å². The van der Waals surface area contributed by atoms with E-state index in [-0.39, 0.29) is 35.5 Å². The van der Waals surface area contributed by atoms with E-state index in [1.54, 1.807) is 24.3 Å². The molecule has 2 heterocycles. The molecular formula is C30H27BCl2N2O8. The number of fused-ring (bicyclic) bond motifs is 4. The molecule has 0 radical (unpaired) electrons. The molecule has 6 rings (SSSR count). The van der Waals surface area contributed by atoms with Crippen LogP contribution in [-0.4, -0.2) is 74.7 Å². The Bertz CT molecular complexity index is 1650. The first kappa shape index (κ1) is 29.4. The molecular weight excluding hydrogens is 598 g/mol. The highest BCUT2D eigenvalue weighted by atomic mass is 35.5. The van der Waals surface area contributed by atoms with Gasteiger partial charge in [0, 0.05) is 13.0 Å². The number of phenolic OH excluding ortho intramolecular Hbond substituents is 1. The van der Waals surface area contributed by atoms with E-state index >= 15 is 0 Å². The molecule has 2 aliphatic heterocycles. The highest BCUT2D eigenvalue weighted by molar-refractivity contribution is 6.58. The highest BCUT2D eigenvalue weighted by Gasteiger charge is 2.75. The summed E-state index contributed by atoms with van der Waals surface area (Å²) in [5, 5.41) is 29.3. The molecule has 2 aromatic rings. The summed E-state index contributed by atoms with van der Waals surface area (Å²) >= 11 is 14.2. The lowest BCUT2D eigenvalue weighted by atomic mass is 9.57. The summed E-state index contributed by atoms with van der Waals surface area (Å²) in [6, 6.07) is 10.6. The van der Waals surface area contributed by atoms with Crippen LogP contribution in [0.5, 0.6) is 11.5 Å². The van der Waals surface area contributed by atoms with Gasteiger partial charge in [0.1, 0.15) is 0 Å². The summed E-state index contributed by atoms with van der Waals surface area (Å²) in [6.07, 6.45) is 5.22. The number of alkyl halides is 2. The molecule has 10 nitrogen and oxygen atoms in total. The van der Waals surface area contributed by atoms with Gasteiger partial charge in [-0.15, -0.1) is 23.2 Å². The molecule has 4 amide bonds. The van der Waals surface area contributed by atoms with E-state index < -0.39 is 64.2 Å². The van der Waals surface area contributed by atoms with Crippen molar-refractivity contribution in [3.05, 3.63) is 65.8 Å². The number of likely N-dealkylation sites (tertiary alicyclic amines) is 1. The molecule has 0 aromatic heterocycles. The second-order valence-electron chi connectivity index (χ2n) is 11.3. The fourth-order valence-corrected chi connectivity index (χ4v) is 8.05. The largest absolute Gasteiger partial charge is 0.504 e. The zero-order valence-corrected chi connectivity index (χ0v) is 24.6. The molecule has 3 fully saturated rings. The SMILES string of the molecule is COc1cc(C=CC2C3=CCC4C(=O)N(c5cccc(B(O)O)c5)C(=O)C4C3CC3(Cl)C(=O)N(C)C(=O)C23Cl)ccc1O. The Morgan fingerprint density at radius 2 is 1.77 bits per heavy atom. The number of rotatable bonds is 5. The van der Waals surface area contributed by atoms with Crippen LogP contribution in [0, 0.1) is 23.7 Å². The Kier molecular flexibility index (Phi) is 7.00. The van der Waals surface area contributed by atoms with Gasteiger partial charge >= 0.3 is 7.12 Å². The van der Waals surface area contributed by atoms with Gasteiger partial charge in [-0.05, 0) is 54.1 Å². The van der Waals surface area contributed by atoms with Gasteiger partial charge in [-0.1, -0.05) is 42.0 Å². The second-order valence-corrected chi connectivity index (χ2v) is 12.6. The van der Waals surface area contributed by atoms with Crippen LogP contribution in [0.1, 0.15) is 18.4 Å². The lowest BCUT2D eigenvalue weighted by Gasteiger charge is -2.49. The number of nitrogens with zero attached hydrogens (tertiary/aromatic N) is 2. The number of ether oxygens (including phenoxy) is 1. The van der Waals surface area contributed by atoms with Gasteiger partial charge < -0.3 is 19.9 Å². The second kappa shape index (κ2) is 10.2. The zero-order chi connectivity index (χ0) is 31.0. The van der Waals surface area contributed by atoms with Gasteiger partial charge in [0.2, 0.25) is 11.8 Å². The lowest BCUT2D eigenvalue weighted by Crippen LogP contribution is -2.60. The third kappa shape index (κ3) is 4.09. The van der Waals surface area contributed by atoms with E-state index in [1.165, 1.54) is 44.5 Å². The molecule has 2 saturated heterocycles. The lowest BCUT2D eigenvalue weighted by molar-refractivity contribution is -0.138. The summed E-state index contributed by atoms with van der Waals surface area (Å²) in [4.78, 5) is 52.9. The van der Waals surface area contributed by atoms with Crippen LogP contribution in [-0.2, 0) is 19.2 Å². The van der Waals surface area contributed by atoms with Crippen molar-refractivity contribution in [1.29, 1.82) is 0 Å². The molecule has 0 spiro atoms. The van der Waals surface area contributed by atoms with Gasteiger partial charge in [0.25, 0.3) is 11.8 Å². The molecule has 6 atom stereocenters. The molecule has 2 aromatic carbocycles. The van der Waals surface area contributed by atoms with Crippen LogP contribution in [0.3, 0.4) is 0 Å². The summed E-state index contributed by atoms with van der Waals surface area (Å²) in [7, 11) is 0.939. The third-order valence-electron chi connectivity index (χ3n) is 9.18. The van der Waals surface area contributed by atoms with E-state index in [2.05, 4.69) is 0 Å². The Balaban J connectivity index is 1.44. The number of carbonyl (C=O) groups excluding carboxylic acids is 4. The number of imide groups is 2. The topological polar surface area (TPSA) is 145 Å². The van der Waals surface area contributed by atoms with E-state index in [1.807, 2.05) is 6.08 Å². The normalized spacial score (nSPS) is 31.7. The third-order valence-corrected chi connectivity index (χ3v) is 10.6. The van der Waals surface area contributed by atoms with E-state index in [9.17, 15) is 34.3 Å². The minimum Gasteiger partial charge on any atom is -0.504 e. The number of benzene rings is 2. The number of phenols is 1.